The van der Waals surface area contributed by atoms with Crippen LogP contribution in [0.2, 0.25) is 0 Å². The largest absolute Gasteiger partial charge is 0.459 e. The number of aliphatic hydroxyl groups is 2. The van der Waals surface area contributed by atoms with Crippen LogP contribution in [-0.2, 0) is 20.7 Å². The number of likely N-dealkylation sites (N-methyl/N-ethyl adjacent to an activating group) is 1. The Hall–Kier alpha value is -4.63. The molecule has 1 aromatic carbocycles. The first-order chi connectivity index (χ1) is 36.3. The minimum atomic E-state index is -2.26. The van der Waals surface area contributed by atoms with Gasteiger partial charge >= 0.3 is 5.97 Å². The topological polar surface area (TPSA) is 200 Å². The van der Waals surface area contributed by atoms with E-state index in [-0.39, 0.29) is 72.2 Å². The van der Waals surface area contributed by atoms with Gasteiger partial charge < -0.3 is 52.0 Å². The molecule has 1 unspecified atom stereocenters. The van der Waals surface area contributed by atoms with Gasteiger partial charge in [0, 0.05) is 48.4 Å². The van der Waals surface area contributed by atoms with Crippen LogP contribution in [0.1, 0.15) is 143 Å². The zero-order valence-electron chi connectivity index (χ0n) is 44.8. The molecular formula is C62H82N6O7. The lowest BCUT2D eigenvalue weighted by Gasteiger charge is -2.60. The van der Waals surface area contributed by atoms with Crippen molar-refractivity contribution in [3.63, 3.8) is 0 Å². The van der Waals surface area contributed by atoms with E-state index in [1.54, 1.807) is 6.07 Å². The highest BCUT2D eigenvalue weighted by molar-refractivity contribution is 6.33. The Balaban J connectivity index is 0.969. The summed E-state index contributed by atoms with van der Waals surface area (Å²) in [5, 5.41) is 40.1. The van der Waals surface area contributed by atoms with Gasteiger partial charge in [0.25, 0.3) is 5.60 Å². The SMILES string of the molecule is CCN[C@]12C=C3C=CC[C@H]4[C@H]5CCC[C@@](C)(CC6=CNC(N)C=C6)Cc6cccc7c6C(=O)[C@]6(O[C@@]6(C/C(CO)=C(\C)C[C@@H]6CC[C@@H]8C[C@H](NC)NC9=C8C6=CCN9)C7=O)C(=O)O[C@@H]([C@H](CCO)CC1)[C@H]2[C@H](CC5)[C@@H]34. The molecule has 9 N–H and O–H groups in total. The number of epoxide rings is 1. The highest BCUT2D eigenvalue weighted by atomic mass is 16.7. The van der Waals surface area contributed by atoms with Gasteiger partial charge in [-0.1, -0.05) is 80.8 Å². The van der Waals surface area contributed by atoms with Gasteiger partial charge in [0.1, 0.15) is 11.9 Å². The number of nitrogens with two attached hydrogens (primary N) is 1. The second-order valence-corrected chi connectivity index (χ2v) is 25.1. The molecule has 6 aliphatic carbocycles. The van der Waals surface area contributed by atoms with Gasteiger partial charge in [-0.05, 0) is 190 Å². The molecule has 13 nitrogen and oxygen atoms in total. The molecule has 13 rings (SSSR count). The first-order valence-electron chi connectivity index (χ1n) is 29.0. The number of allylic oxidation sites excluding steroid dienone is 8. The van der Waals surface area contributed by atoms with Gasteiger partial charge in [0.2, 0.25) is 5.78 Å². The zero-order valence-corrected chi connectivity index (χ0v) is 44.8. The fourth-order valence-electron chi connectivity index (χ4n) is 17.5. The third-order valence-corrected chi connectivity index (χ3v) is 20.9. The number of rotatable bonds is 12. The van der Waals surface area contributed by atoms with Crippen LogP contribution in [0.15, 0.2) is 100 Å². The van der Waals surface area contributed by atoms with Crippen molar-refractivity contribution in [1.29, 1.82) is 0 Å². The second-order valence-electron chi connectivity index (χ2n) is 25.1. The Morgan fingerprint density at radius 1 is 1.01 bits per heavy atom. The van der Waals surface area contributed by atoms with Crippen molar-refractivity contribution >= 4 is 17.5 Å². The van der Waals surface area contributed by atoms with Crippen molar-refractivity contribution in [2.45, 2.75) is 159 Å². The molecule has 1 aromatic rings. The maximum absolute atomic E-state index is 16.2. The van der Waals surface area contributed by atoms with Gasteiger partial charge in [-0.15, -0.1) is 0 Å². The molecule has 6 bridgehead atoms. The van der Waals surface area contributed by atoms with E-state index in [9.17, 15) is 10.2 Å². The maximum Gasteiger partial charge on any atom is 0.350 e. The highest BCUT2D eigenvalue weighted by Crippen LogP contribution is 2.64. The summed E-state index contributed by atoms with van der Waals surface area (Å²) in [7, 11) is 1.99. The van der Waals surface area contributed by atoms with Gasteiger partial charge in [0.05, 0.1) is 18.9 Å². The predicted octanol–water partition coefficient (Wildman–Crippen LogP) is 7.25. The van der Waals surface area contributed by atoms with Gasteiger partial charge in [0.15, 0.2) is 11.4 Å². The van der Waals surface area contributed by atoms with E-state index in [2.05, 4.69) is 70.8 Å². The van der Waals surface area contributed by atoms with Gasteiger partial charge in [-0.3, -0.25) is 9.59 Å². The van der Waals surface area contributed by atoms with Crippen LogP contribution >= 0.6 is 0 Å². The number of nitrogens with one attached hydrogen (secondary N) is 5. The quantitative estimate of drug-likeness (QED) is 0.0452. The van der Waals surface area contributed by atoms with E-state index >= 15 is 14.4 Å². The predicted molar refractivity (Wildman–Crippen MR) is 288 cm³/mol. The maximum atomic E-state index is 16.2. The lowest BCUT2D eigenvalue weighted by Crippen LogP contribution is -2.66. The number of carbonyl (C=O) groups is 3. The molecule has 6 aliphatic heterocycles. The molecule has 15 atom stereocenters. The molecule has 0 radical (unpaired) electrons. The molecule has 0 amide bonds. The number of fused-ring (bicyclic) bond motifs is 6. The number of aliphatic hydroxyl groups excluding tert-OH is 2. The normalized spacial score (nSPS) is 40.5. The monoisotopic (exact) mass is 1020 g/mol. The Kier molecular flexibility index (Phi) is 13.4. The molecule has 12 aliphatic rings. The summed E-state index contributed by atoms with van der Waals surface area (Å²) in [6.45, 7) is 7.54. The molecule has 1 spiro atoms. The van der Waals surface area contributed by atoms with Crippen molar-refractivity contribution in [2.75, 3.05) is 33.4 Å². The average molecular weight is 1020 g/mol. The van der Waals surface area contributed by atoms with Crippen LogP contribution < -0.4 is 32.3 Å². The van der Waals surface area contributed by atoms with Crippen molar-refractivity contribution in [1.82, 2.24) is 26.6 Å². The van der Waals surface area contributed by atoms with E-state index < -0.39 is 40.4 Å². The summed E-state index contributed by atoms with van der Waals surface area (Å²) in [6, 6.07) is 5.58. The van der Waals surface area contributed by atoms with E-state index in [1.165, 1.54) is 16.7 Å². The number of dihydropyridines is 2. The van der Waals surface area contributed by atoms with Crippen LogP contribution in [0.25, 0.3) is 0 Å². The average Bonchev–Trinajstić information content (AvgIpc) is 4.33. The molecule has 4 fully saturated rings. The van der Waals surface area contributed by atoms with E-state index in [4.69, 9.17) is 15.2 Å². The Labute approximate surface area is 443 Å². The van der Waals surface area contributed by atoms with Crippen molar-refractivity contribution < 1.29 is 34.1 Å². The fraction of sp³-hybridized carbons (Fsp3) is 0.629. The Morgan fingerprint density at radius 2 is 1.88 bits per heavy atom. The van der Waals surface area contributed by atoms with Crippen molar-refractivity contribution in [2.24, 2.45) is 58.5 Å². The lowest BCUT2D eigenvalue weighted by atomic mass is 9.48. The summed E-state index contributed by atoms with van der Waals surface area (Å²) >= 11 is 0. The highest BCUT2D eigenvalue weighted by Gasteiger charge is 2.86. The smallest absolute Gasteiger partial charge is 0.350 e. The molecule has 402 valence electrons. The molecule has 13 heteroatoms. The number of Topliss-reactive ketones (excluding diaryl/α,β-unsaturated/α-hetero) is 2. The molecule has 0 aromatic heterocycles. The first kappa shape index (κ1) is 51.1. The molecule has 3 saturated carbocycles. The summed E-state index contributed by atoms with van der Waals surface area (Å²) < 4.78 is 14.0. The zero-order chi connectivity index (χ0) is 52.0. The van der Waals surface area contributed by atoms with E-state index in [1.807, 2.05) is 38.4 Å². The lowest BCUT2D eigenvalue weighted by molar-refractivity contribution is -0.173. The third kappa shape index (κ3) is 8.33. The van der Waals surface area contributed by atoms with Crippen molar-refractivity contribution in [3.8, 4) is 0 Å². The summed E-state index contributed by atoms with van der Waals surface area (Å²) in [6.07, 6.45) is 27.9. The van der Waals surface area contributed by atoms with Gasteiger partial charge in [-0.25, -0.2) is 4.79 Å². The van der Waals surface area contributed by atoms with Crippen LogP contribution in [0.5, 0.6) is 0 Å². The second kappa shape index (κ2) is 19.7. The molecule has 75 heavy (non-hydrogen) atoms. The Morgan fingerprint density at radius 3 is 2.67 bits per heavy atom. The molecular weight excluding hydrogens is 941 g/mol. The molecule has 6 heterocycles. The van der Waals surface area contributed by atoms with E-state index in [0.29, 0.717) is 48.5 Å². The minimum Gasteiger partial charge on any atom is -0.459 e. The molecule has 1 saturated heterocycles. The third-order valence-electron chi connectivity index (χ3n) is 20.9. The van der Waals surface area contributed by atoms with Crippen LogP contribution in [0.4, 0.5) is 0 Å². The Bertz CT molecular complexity index is 2740. The van der Waals surface area contributed by atoms with Crippen molar-refractivity contribution in [3.05, 3.63) is 117 Å². The van der Waals surface area contributed by atoms with E-state index in [0.717, 1.165) is 113 Å². The van der Waals surface area contributed by atoms with Crippen LogP contribution in [-0.4, -0.2) is 96.3 Å². The summed E-state index contributed by atoms with van der Waals surface area (Å²) in [5.74, 6) is 1.20. The van der Waals surface area contributed by atoms with Crippen LogP contribution in [0.3, 0.4) is 0 Å². The summed E-state index contributed by atoms with van der Waals surface area (Å²) in [5.41, 5.74) is 9.28. The number of hydrogen-bond donors (Lipinski definition) is 8. The number of hydrogen-bond acceptors (Lipinski definition) is 13. The summed E-state index contributed by atoms with van der Waals surface area (Å²) in [4.78, 5) is 48.2. The van der Waals surface area contributed by atoms with Crippen LogP contribution in [0, 0.1) is 52.8 Å². The van der Waals surface area contributed by atoms with Gasteiger partial charge in [-0.2, -0.15) is 0 Å². The number of esters is 1. The first-order valence-corrected chi connectivity index (χ1v) is 29.0. The standard InChI is InChI=1S/C62H82N6O7/c1-5-67-60-24-20-38(22-26-69)54-53(60)46-18-17-37(44-12-6-10-42(31-60)50(44)46)11-8-23-59(3,29-36-14-19-48(63)66-33-36)30-41-9-7-13-47-51(41)56(72)62(58(73)74-54)61(75-62,55(47)71)32-43(34-70)35(2)27-39-15-16-40-28-49(64-4)68-57-52(40)45(39)21-25-65-57/h6-7,9-10,13-14,19,21,31,33,37-40,44,46,48-50,53-54,64-70H,5,8,11-12,15-18,20,22-30,32,34,63H2,1-4H3/b43-35-/t37-,38-,39-,40+,44-,46+,48?,49+,50-,53+,54-,59-,60-,61-,62-/m0/s1. The number of carbonyl (C=O) groups excluding carboxylic acids is 3. The minimum absolute atomic E-state index is 0.0547. The number of ketones is 2. The number of ether oxygens (including phenoxy) is 2. The fourth-order valence-corrected chi connectivity index (χ4v) is 17.5. The number of benzene rings is 1.